The van der Waals surface area contributed by atoms with Crippen LogP contribution in [0, 0.1) is 0 Å². The van der Waals surface area contributed by atoms with E-state index in [1.807, 2.05) is 0 Å². The van der Waals surface area contributed by atoms with Crippen LogP contribution in [0.3, 0.4) is 0 Å². The maximum atomic E-state index is 10.1. The second-order valence-electron chi connectivity index (χ2n) is 1.46. The molecule has 1 rings (SSSR count). The van der Waals surface area contributed by atoms with Gasteiger partial charge in [-0.2, -0.15) is 0 Å². The molecule has 0 aliphatic rings. The van der Waals surface area contributed by atoms with E-state index in [-0.39, 0.29) is 0 Å². The summed E-state index contributed by atoms with van der Waals surface area (Å²) >= 11 is 0. The molecule has 4 nitrogen and oxygen atoms in total. The molecule has 4 heteroatoms. The highest BCUT2D eigenvalue weighted by molar-refractivity contribution is 5.77. The average molecular weight is 113 g/mol. The third-order valence-electron chi connectivity index (χ3n) is 0.854. The minimum Gasteiger partial charge on any atom is -0.274 e. The van der Waals surface area contributed by atoms with Gasteiger partial charge in [-0.25, -0.2) is 4.57 Å². The van der Waals surface area contributed by atoms with Crippen LogP contribution in [0.5, 0.6) is 0 Å². The number of hydrogen-bond donors (Lipinski definition) is 0. The number of hydrogen-bond acceptors (Lipinski definition) is 3. The van der Waals surface area contributed by atoms with Crippen molar-refractivity contribution in [3.63, 3.8) is 0 Å². The van der Waals surface area contributed by atoms with Crippen molar-refractivity contribution >= 4 is 5.91 Å². The molecule has 0 N–H and O–H groups in total. The summed E-state index contributed by atoms with van der Waals surface area (Å²) in [6.07, 6.45) is 0. The summed E-state index contributed by atoms with van der Waals surface area (Å²) in [5.41, 5.74) is -1.39. The molecule has 0 atom stereocenters. The smallest absolute Gasteiger partial charge is 0.274 e. The van der Waals surface area contributed by atoms with Gasteiger partial charge in [-0.1, -0.05) is 0 Å². The summed E-state index contributed by atoms with van der Waals surface area (Å²) in [7, 11) is 0. The van der Waals surface area contributed by atoms with Crippen molar-refractivity contribution in [3.05, 3.63) is 20.7 Å². The predicted molar refractivity (Wildman–Crippen MR) is 25.6 cm³/mol. The van der Waals surface area contributed by atoms with E-state index < -0.39 is 17.0 Å². The van der Waals surface area contributed by atoms with Gasteiger partial charge < -0.3 is 0 Å². The second kappa shape index (κ2) is 1.15. The number of carbonyl (C=O) groups is 1. The molecular formula is C4H3NO3. The molecule has 0 radical (unpaired) electrons. The Morgan fingerprint density at radius 3 is 1.75 bits per heavy atom. The Kier molecular flexibility index (Phi) is 0.713. The van der Waals surface area contributed by atoms with Crippen molar-refractivity contribution in [3.8, 4) is 0 Å². The zero-order valence-corrected chi connectivity index (χ0v) is 4.17. The number of rotatable bonds is 0. The van der Waals surface area contributed by atoms with Crippen molar-refractivity contribution in [2.75, 3.05) is 0 Å². The minimum absolute atomic E-state index is 0.500. The molecule has 0 aliphatic heterocycles. The van der Waals surface area contributed by atoms with Crippen LogP contribution in [0.25, 0.3) is 0 Å². The van der Waals surface area contributed by atoms with E-state index in [1.54, 1.807) is 0 Å². The lowest BCUT2D eigenvalue weighted by atomic mass is 10.7. The lowest BCUT2D eigenvalue weighted by molar-refractivity contribution is 0.0944. The fourth-order valence-electron chi connectivity index (χ4n) is 0.421. The van der Waals surface area contributed by atoms with Gasteiger partial charge in [0.1, 0.15) is 0 Å². The first-order chi connectivity index (χ1) is 3.64. The van der Waals surface area contributed by atoms with Gasteiger partial charge >= 0.3 is 11.1 Å². The maximum Gasteiger partial charge on any atom is 0.326 e. The quantitative estimate of drug-likeness (QED) is 0.395. The van der Waals surface area contributed by atoms with Crippen LogP contribution < -0.4 is 11.1 Å². The first-order valence-electron chi connectivity index (χ1n) is 2.03. The fraction of sp³-hybridized carbons (Fsp3) is 0.250. The molecule has 0 aromatic carbocycles. The molecule has 42 valence electrons. The predicted octanol–water partition coefficient (Wildman–Crippen LogP) is -1.26. The van der Waals surface area contributed by atoms with Crippen LogP contribution in [0.15, 0.2) is 9.59 Å². The van der Waals surface area contributed by atoms with Gasteiger partial charge in [0, 0.05) is 6.92 Å². The standard InChI is InChI=1S/C4H3NO3/c1-2(6)5-3(7)4(5)8/h1H3. The van der Waals surface area contributed by atoms with Crippen molar-refractivity contribution in [2.45, 2.75) is 6.92 Å². The Hall–Kier alpha value is -1.19. The van der Waals surface area contributed by atoms with Gasteiger partial charge in [0.2, 0.25) is 5.91 Å². The third kappa shape index (κ3) is 0.425. The first kappa shape index (κ1) is 4.96. The molecule has 0 saturated carbocycles. The van der Waals surface area contributed by atoms with E-state index in [9.17, 15) is 14.4 Å². The lowest BCUT2D eigenvalue weighted by Gasteiger charge is -1.71. The summed E-state index contributed by atoms with van der Waals surface area (Å²) in [4.78, 5) is 30.1. The van der Waals surface area contributed by atoms with Crippen molar-refractivity contribution in [2.24, 2.45) is 0 Å². The molecule has 1 aromatic rings. The van der Waals surface area contributed by atoms with Crippen LogP contribution in [0.2, 0.25) is 0 Å². The van der Waals surface area contributed by atoms with E-state index >= 15 is 0 Å². The molecule has 1 aromatic heterocycles. The average Bonchev–Trinajstić information content (AvgIpc) is 2.15. The lowest BCUT2D eigenvalue weighted by Crippen LogP contribution is -2.02. The van der Waals surface area contributed by atoms with Gasteiger partial charge in [0.05, 0.1) is 0 Å². The van der Waals surface area contributed by atoms with Crippen LogP contribution in [0.1, 0.15) is 11.7 Å². The normalized spacial score (nSPS) is 10.1. The van der Waals surface area contributed by atoms with Gasteiger partial charge in [0.15, 0.2) is 0 Å². The van der Waals surface area contributed by atoms with Crippen molar-refractivity contribution in [1.29, 1.82) is 0 Å². The minimum atomic E-state index is -0.697. The van der Waals surface area contributed by atoms with Crippen LogP contribution in [-0.2, 0) is 0 Å². The summed E-state index contributed by atoms with van der Waals surface area (Å²) in [5.74, 6) is -0.500. The molecule has 1 heterocycles. The number of nitrogens with zero attached hydrogens (tertiary/aromatic N) is 1. The molecular weight excluding hydrogens is 110 g/mol. The van der Waals surface area contributed by atoms with Crippen LogP contribution >= 0.6 is 0 Å². The molecule has 0 bridgehead atoms. The Morgan fingerprint density at radius 1 is 1.38 bits per heavy atom. The van der Waals surface area contributed by atoms with E-state index in [0.717, 1.165) is 0 Å². The zero-order valence-electron chi connectivity index (χ0n) is 4.17. The third-order valence-corrected chi connectivity index (χ3v) is 0.854. The Balaban J connectivity index is 3.16. The van der Waals surface area contributed by atoms with Crippen LogP contribution in [-0.4, -0.2) is 10.5 Å². The summed E-state index contributed by atoms with van der Waals surface area (Å²) in [6, 6.07) is 0. The highest BCUT2D eigenvalue weighted by Gasteiger charge is 2.18. The SMILES string of the molecule is CC(=O)n1c(=O)c1=O. The van der Waals surface area contributed by atoms with Crippen LogP contribution in [0.4, 0.5) is 0 Å². The molecule has 0 saturated heterocycles. The summed E-state index contributed by atoms with van der Waals surface area (Å²) in [6.45, 7) is 1.17. The monoisotopic (exact) mass is 113 g/mol. The molecule has 0 aliphatic carbocycles. The van der Waals surface area contributed by atoms with E-state index in [4.69, 9.17) is 0 Å². The Bertz CT molecular complexity index is 263. The second-order valence-corrected chi connectivity index (χ2v) is 1.46. The summed E-state index contributed by atoms with van der Waals surface area (Å²) < 4.78 is 0.583. The molecule has 0 unspecified atom stereocenters. The van der Waals surface area contributed by atoms with E-state index in [2.05, 4.69) is 0 Å². The highest BCUT2D eigenvalue weighted by atomic mass is 16.2. The van der Waals surface area contributed by atoms with Gasteiger partial charge in [0.25, 0.3) is 0 Å². The topological polar surface area (TPSA) is 56.1 Å². The molecule has 0 fully saturated rings. The van der Waals surface area contributed by atoms with E-state index in [1.165, 1.54) is 6.92 Å². The molecule has 0 amide bonds. The number of aromatic nitrogens is 1. The van der Waals surface area contributed by atoms with Crippen molar-refractivity contribution in [1.82, 2.24) is 4.57 Å². The van der Waals surface area contributed by atoms with Gasteiger partial charge in [-0.15, -0.1) is 0 Å². The highest BCUT2D eigenvalue weighted by Crippen LogP contribution is 1.68. The van der Waals surface area contributed by atoms with Gasteiger partial charge in [-0.3, -0.25) is 14.4 Å². The fourth-order valence-corrected chi connectivity index (χ4v) is 0.421. The molecule has 0 spiro atoms. The first-order valence-corrected chi connectivity index (χ1v) is 2.03. The largest absolute Gasteiger partial charge is 0.326 e. The van der Waals surface area contributed by atoms with Crippen molar-refractivity contribution < 1.29 is 4.79 Å². The zero-order chi connectivity index (χ0) is 6.31. The van der Waals surface area contributed by atoms with E-state index in [0.29, 0.717) is 4.57 Å². The summed E-state index contributed by atoms with van der Waals surface area (Å²) in [5, 5.41) is 0. The van der Waals surface area contributed by atoms with Gasteiger partial charge in [-0.05, 0) is 0 Å². The Morgan fingerprint density at radius 2 is 1.75 bits per heavy atom. The maximum absolute atomic E-state index is 10.1. The molecule has 8 heavy (non-hydrogen) atoms. The Labute approximate surface area is 44.0 Å². The number of carbonyl (C=O) groups excluding carboxylic acids is 1.